The summed E-state index contributed by atoms with van der Waals surface area (Å²) in [6.45, 7) is -0.0400. The second-order valence-electron chi connectivity index (χ2n) is 4.06. The molecule has 19 heavy (non-hydrogen) atoms. The highest BCUT2D eigenvalue weighted by atomic mass is 32.2. The summed E-state index contributed by atoms with van der Waals surface area (Å²) in [4.78, 5) is 0. The van der Waals surface area contributed by atoms with E-state index >= 15 is 0 Å². The number of hydrogen-bond acceptors (Lipinski definition) is 5. The standard InChI is InChI=1S/C10H15FN2O4S2/c1-18(14,15)4-5-19(16,17)13-10-3-2-9(11)6-8(10)7-12/h2-3,6,13H,4-5,7,12H2,1H3. The predicted octanol–water partition coefficient (Wildman–Crippen LogP) is 0.0707. The lowest BCUT2D eigenvalue weighted by atomic mass is 10.2. The van der Waals surface area contributed by atoms with Gasteiger partial charge in [0.15, 0.2) is 0 Å². The molecule has 0 fully saturated rings. The number of nitrogens with one attached hydrogen (secondary N) is 1. The highest BCUT2D eigenvalue weighted by Crippen LogP contribution is 2.18. The van der Waals surface area contributed by atoms with Crippen molar-refractivity contribution in [1.82, 2.24) is 0 Å². The Morgan fingerprint density at radius 1 is 1.21 bits per heavy atom. The zero-order chi connectivity index (χ0) is 14.7. The van der Waals surface area contributed by atoms with Crippen molar-refractivity contribution in [2.45, 2.75) is 6.54 Å². The highest BCUT2D eigenvalue weighted by Gasteiger charge is 2.16. The van der Waals surface area contributed by atoms with Crippen LogP contribution in [0.3, 0.4) is 0 Å². The molecule has 6 nitrogen and oxygen atoms in total. The van der Waals surface area contributed by atoms with Gasteiger partial charge in [-0.3, -0.25) is 4.72 Å². The summed E-state index contributed by atoms with van der Waals surface area (Å²) in [5.41, 5.74) is 5.83. The Labute approximate surface area is 111 Å². The van der Waals surface area contributed by atoms with Gasteiger partial charge in [0.2, 0.25) is 10.0 Å². The maximum Gasteiger partial charge on any atom is 0.233 e. The molecule has 0 heterocycles. The van der Waals surface area contributed by atoms with E-state index in [1.165, 1.54) is 6.07 Å². The first kappa shape index (κ1) is 15.9. The van der Waals surface area contributed by atoms with Gasteiger partial charge in [0.1, 0.15) is 15.7 Å². The summed E-state index contributed by atoms with van der Waals surface area (Å²) >= 11 is 0. The second-order valence-corrected chi connectivity index (χ2v) is 8.16. The van der Waals surface area contributed by atoms with Gasteiger partial charge in [-0.25, -0.2) is 21.2 Å². The minimum Gasteiger partial charge on any atom is -0.326 e. The summed E-state index contributed by atoms with van der Waals surface area (Å²) < 4.78 is 60.4. The number of rotatable bonds is 6. The quantitative estimate of drug-likeness (QED) is 0.773. The molecule has 108 valence electrons. The van der Waals surface area contributed by atoms with Gasteiger partial charge in [0, 0.05) is 12.8 Å². The van der Waals surface area contributed by atoms with Crippen LogP contribution in [0.2, 0.25) is 0 Å². The fourth-order valence-corrected chi connectivity index (χ4v) is 4.04. The molecule has 3 N–H and O–H groups in total. The van der Waals surface area contributed by atoms with E-state index in [9.17, 15) is 21.2 Å². The van der Waals surface area contributed by atoms with Crippen molar-refractivity contribution < 1.29 is 21.2 Å². The number of hydrogen-bond donors (Lipinski definition) is 2. The van der Waals surface area contributed by atoms with Crippen LogP contribution in [0, 0.1) is 5.82 Å². The number of sulfone groups is 1. The van der Waals surface area contributed by atoms with Crippen LogP contribution >= 0.6 is 0 Å². The monoisotopic (exact) mass is 310 g/mol. The first-order valence-corrected chi connectivity index (χ1v) is 9.01. The molecule has 0 aliphatic carbocycles. The molecule has 0 spiro atoms. The average molecular weight is 310 g/mol. The van der Waals surface area contributed by atoms with Gasteiger partial charge in [-0.2, -0.15) is 0 Å². The number of anilines is 1. The van der Waals surface area contributed by atoms with E-state index in [1.807, 2.05) is 0 Å². The number of benzene rings is 1. The minimum absolute atomic E-state index is 0.0400. The van der Waals surface area contributed by atoms with Gasteiger partial charge in [-0.1, -0.05) is 0 Å². The summed E-state index contributed by atoms with van der Waals surface area (Å²) in [6, 6.07) is 3.46. The summed E-state index contributed by atoms with van der Waals surface area (Å²) in [7, 11) is -7.20. The molecule has 0 saturated carbocycles. The molecule has 0 aliphatic heterocycles. The molecule has 1 aromatic rings. The van der Waals surface area contributed by atoms with Crippen molar-refractivity contribution in [3.63, 3.8) is 0 Å². The van der Waals surface area contributed by atoms with Crippen LogP contribution < -0.4 is 10.5 Å². The number of nitrogens with two attached hydrogens (primary N) is 1. The fraction of sp³-hybridized carbons (Fsp3) is 0.400. The van der Waals surface area contributed by atoms with Gasteiger partial charge in [-0.15, -0.1) is 0 Å². The maximum atomic E-state index is 13.0. The van der Waals surface area contributed by atoms with Crippen molar-refractivity contribution in [1.29, 1.82) is 0 Å². The molecule has 9 heteroatoms. The minimum atomic E-state index is -3.82. The van der Waals surface area contributed by atoms with Gasteiger partial charge in [0.05, 0.1) is 17.2 Å². The lowest BCUT2D eigenvalue weighted by Gasteiger charge is -2.11. The van der Waals surface area contributed by atoms with E-state index in [4.69, 9.17) is 5.73 Å². The summed E-state index contributed by atoms with van der Waals surface area (Å²) in [5.74, 6) is -1.58. The van der Waals surface area contributed by atoms with E-state index in [0.29, 0.717) is 5.56 Å². The molecular weight excluding hydrogens is 295 g/mol. The molecule has 0 saturated heterocycles. The van der Waals surface area contributed by atoms with Gasteiger partial charge >= 0.3 is 0 Å². The molecule has 0 atom stereocenters. The Balaban J connectivity index is 2.90. The molecule has 0 aromatic heterocycles. The fourth-order valence-electron chi connectivity index (χ4n) is 1.31. The van der Waals surface area contributed by atoms with Crippen LogP contribution in [0.4, 0.5) is 10.1 Å². The maximum absolute atomic E-state index is 13.0. The van der Waals surface area contributed by atoms with Crippen molar-refractivity contribution >= 4 is 25.5 Å². The highest BCUT2D eigenvalue weighted by molar-refractivity contribution is 7.95. The van der Waals surface area contributed by atoms with Crippen LogP contribution in [-0.2, 0) is 26.4 Å². The second kappa shape index (κ2) is 5.85. The smallest absolute Gasteiger partial charge is 0.233 e. The lowest BCUT2D eigenvalue weighted by Crippen LogP contribution is -2.23. The molecule has 0 aliphatic rings. The Morgan fingerprint density at radius 3 is 2.37 bits per heavy atom. The van der Waals surface area contributed by atoms with Gasteiger partial charge < -0.3 is 5.73 Å². The third-order valence-electron chi connectivity index (χ3n) is 2.28. The first-order valence-electron chi connectivity index (χ1n) is 5.30. The topological polar surface area (TPSA) is 106 Å². The first-order chi connectivity index (χ1) is 8.63. The zero-order valence-electron chi connectivity index (χ0n) is 10.3. The molecule has 0 unspecified atom stereocenters. The van der Waals surface area contributed by atoms with Gasteiger partial charge in [0.25, 0.3) is 0 Å². The van der Waals surface area contributed by atoms with E-state index in [-0.39, 0.29) is 12.2 Å². The van der Waals surface area contributed by atoms with E-state index < -0.39 is 37.2 Å². The van der Waals surface area contributed by atoms with Crippen molar-refractivity contribution in [3.8, 4) is 0 Å². The third kappa shape index (κ3) is 5.53. The van der Waals surface area contributed by atoms with Crippen LogP contribution in [0.5, 0.6) is 0 Å². The largest absolute Gasteiger partial charge is 0.326 e. The molecule has 0 amide bonds. The Hall–Kier alpha value is -1.19. The Bertz CT molecular complexity index is 656. The summed E-state index contributed by atoms with van der Waals surface area (Å²) in [5, 5.41) is 0. The number of sulfonamides is 1. The predicted molar refractivity (Wildman–Crippen MR) is 71.4 cm³/mol. The van der Waals surface area contributed by atoms with Crippen LogP contribution in [-0.4, -0.2) is 34.6 Å². The number of halogens is 1. The third-order valence-corrected chi connectivity index (χ3v) is 4.75. The normalized spacial score (nSPS) is 12.4. The van der Waals surface area contributed by atoms with Crippen molar-refractivity contribution in [3.05, 3.63) is 29.6 Å². The molecular formula is C10H15FN2O4S2. The molecule has 0 radical (unpaired) electrons. The molecule has 1 aromatic carbocycles. The lowest BCUT2D eigenvalue weighted by molar-refractivity contribution is 0.593. The van der Waals surface area contributed by atoms with Crippen molar-refractivity contribution in [2.24, 2.45) is 5.73 Å². The van der Waals surface area contributed by atoms with E-state index in [2.05, 4.69) is 4.72 Å². The zero-order valence-corrected chi connectivity index (χ0v) is 11.9. The van der Waals surface area contributed by atoms with E-state index in [1.54, 1.807) is 0 Å². The van der Waals surface area contributed by atoms with Crippen molar-refractivity contribution in [2.75, 3.05) is 22.5 Å². The van der Waals surface area contributed by atoms with Crippen LogP contribution in [0.15, 0.2) is 18.2 Å². The Kier molecular flexibility index (Phi) is 4.88. The molecule has 1 rings (SSSR count). The SMILES string of the molecule is CS(=O)(=O)CCS(=O)(=O)Nc1ccc(F)cc1CN. The molecule has 0 bridgehead atoms. The van der Waals surface area contributed by atoms with Crippen LogP contribution in [0.25, 0.3) is 0 Å². The summed E-state index contributed by atoms with van der Waals surface area (Å²) in [6.07, 6.45) is 0.950. The van der Waals surface area contributed by atoms with Gasteiger partial charge in [-0.05, 0) is 23.8 Å². The van der Waals surface area contributed by atoms with E-state index in [0.717, 1.165) is 18.4 Å². The average Bonchev–Trinajstić information content (AvgIpc) is 2.28. The van der Waals surface area contributed by atoms with Crippen LogP contribution in [0.1, 0.15) is 5.56 Å². The Morgan fingerprint density at radius 2 is 1.84 bits per heavy atom.